The van der Waals surface area contributed by atoms with E-state index in [2.05, 4.69) is 9.71 Å². The zero-order valence-electron chi connectivity index (χ0n) is 15.5. The summed E-state index contributed by atoms with van der Waals surface area (Å²) in [6.07, 6.45) is 1.65. The monoisotopic (exact) mass is 392 g/mol. The zero-order chi connectivity index (χ0) is 19.1. The first-order valence-corrected chi connectivity index (χ1v) is 9.89. The highest BCUT2D eigenvalue weighted by Gasteiger charge is 2.52. The molecule has 1 unspecified atom stereocenters. The van der Waals surface area contributed by atoms with Crippen LogP contribution in [-0.4, -0.2) is 27.9 Å². The Morgan fingerprint density at radius 2 is 1.69 bits per heavy atom. The third-order valence-corrected chi connectivity index (χ3v) is 6.37. The fourth-order valence-electron chi connectivity index (χ4n) is 2.61. The highest BCUT2D eigenvalue weighted by Crippen LogP contribution is 2.37. The van der Waals surface area contributed by atoms with Crippen LogP contribution in [0.5, 0.6) is 0 Å². The molecule has 2 heterocycles. The molecule has 5 nitrogen and oxygen atoms in total. The van der Waals surface area contributed by atoms with E-state index in [0.29, 0.717) is 10.6 Å². The molecule has 1 N–H and O–H groups in total. The summed E-state index contributed by atoms with van der Waals surface area (Å²) in [5.41, 5.74) is 1.17. The second-order valence-corrected chi connectivity index (χ2v) is 8.85. The lowest BCUT2D eigenvalue weighted by molar-refractivity contribution is 0.00578. The average molecular weight is 393 g/mol. The Morgan fingerprint density at radius 3 is 2.27 bits per heavy atom. The van der Waals surface area contributed by atoms with Crippen LogP contribution in [0.15, 0.2) is 41.4 Å². The van der Waals surface area contributed by atoms with Crippen molar-refractivity contribution in [2.75, 3.05) is 4.72 Å². The van der Waals surface area contributed by atoms with Crippen LogP contribution in [0.1, 0.15) is 33.3 Å². The van der Waals surface area contributed by atoms with E-state index in [-0.39, 0.29) is 5.15 Å². The predicted molar refractivity (Wildman–Crippen MR) is 106 cm³/mol. The van der Waals surface area contributed by atoms with Crippen molar-refractivity contribution in [2.45, 2.75) is 50.7 Å². The van der Waals surface area contributed by atoms with E-state index in [1.54, 1.807) is 18.3 Å². The maximum atomic E-state index is 12.6. The summed E-state index contributed by atoms with van der Waals surface area (Å²) >= 11 is 4.81. The van der Waals surface area contributed by atoms with E-state index < -0.39 is 29.7 Å². The van der Waals surface area contributed by atoms with Gasteiger partial charge in [0.1, 0.15) is 17.0 Å². The first-order valence-electron chi connectivity index (χ1n) is 8.36. The van der Waals surface area contributed by atoms with Crippen molar-refractivity contribution in [2.24, 2.45) is 0 Å². The number of aromatic nitrogens is 1. The van der Waals surface area contributed by atoms with E-state index >= 15 is 0 Å². The van der Waals surface area contributed by atoms with Crippen LogP contribution < -0.4 is 10.2 Å². The molecule has 0 spiro atoms. The fraction of sp³-hybridized carbons (Fsp3) is 0.389. The Balaban J connectivity index is 1.90. The van der Waals surface area contributed by atoms with Crippen LogP contribution in [0.4, 0.5) is 5.69 Å². The maximum Gasteiger partial charge on any atom is 0.496 e. The number of benzene rings is 1. The first-order chi connectivity index (χ1) is 12.1. The summed E-state index contributed by atoms with van der Waals surface area (Å²) in [7, 11) is -0.560. The molecule has 8 heteroatoms. The molecular weight excluding hydrogens is 371 g/mol. The number of hydrogen-bond donors (Lipinski definition) is 1. The van der Waals surface area contributed by atoms with Gasteiger partial charge < -0.3 is 13.9 Å². The number of anilines is 1. The third kappa shape index (κ3) is 3.59. The van der Waals surface area contributed by atoms with Gasteiger partial charge in [0.05, 0.1) is 11.2 Å². The lowest BCUT2D eigenvalue weighted by Gasteiger charge is -2.32. The van der Waals surface area contributed by atoms with Gasteiger partial charge in [-0.05, 0) is 52.3 Å². The normalized spacial score (nSPS) is 19.4. The van der Waals surface area contributed by atoms with E-state index in [1.165, 1.54) is 0 Å². The van der Waals surface area contributed by atoms with Gasteiger partial charge in [0, 0.05) is 11.7 Å². The quantitative estimate of drug-likeness (QED) is 0.490. The Hall–Kier alpha value is -1.25. The summed E-state index contributed by atoms with van der Waals surface area (Å²) in [5.74, 6) is 0. The minimum absolute atomic E-state index is 0.257. The zero-order valence-corrected chi connectivity index (χ0v) is 17.1. The van der Waals surface area contributed by atoms with Crippen molar-refractivity contribution in [1.82, 2.24) is 4.98 Å². The molecule has 138 valence electrons. The Labute approximate surface area is 162 Å². The van der Waals surface area contributed by atoms with Crippen LogP contribution in [0.25, 0.3) is 0 Å². The summed E-state index contributed by atoms with van der Waals surface area (Å²) in [6.45, 7) is 9.87. The highest BCUT2D eigenvalue weighted by molar-refractivity contribution is 7.92. The maximum absolute atomic E-state index is 12.6. The summed E-state index contributed by atoms with van der Waals surface area (Å²) in [5, 5.41) is 0.257. The van der Waals surface area contributed by atoms with E-state index in [0.717, 1.165) is 11.0 Å². The Morgan fingerprint density at radius 1 is 1.12 bits per heavy atom. The topological polar surface area (TPSA) is 66.4 Å². The summed E-state index contributed by atoms with van der Waals surface area (Å²) < 4.78 is 27.8. The molecule has 26 heavy (non-hydrogen) atoms. The molecule has 1 aromatic carbocycles. The first kappa shape index (κ1) is 19.5. The van der Waals surface area contributed by atoms with Gasteiger partial charge in [-0.2, -0.15) is 4.72 Å². The second-order valence-electron chi connectivity index (χ2n) is 7.28. The molecule has 1 aliphatic heterocycles. The molecule has 2 aromatic rings. The van der Waals surface area contributed by atoms with Crippen molar-refractivity contribution in [3.8, 4) is 0 Å². The van der Waals surface area contributed by atoms with Crippen LogP contribution in [0.2, 0.25) is 5.15 Å². The summed E-state index contributed by atoms with van der Waals surface area (Å²) in [6, 6.07) is 9.12. The lowest BCUT2D eigenvalue weighted by atomic mass is 9.77. The van der Waals surface area contributed by atoms with Gasteiger partial charge in [0.25, 0.3) is 0 Å². The van der Waals surface area contributed by atoms with Gasteiger partial charge in [-0.3, -0.25) is 0 Å². The molecule has 1 fully saturated rings. The number of pyridine rings is 1. The second kappa shape index (κ2) is 7.05. The van der Waals surface area contributed by atoms with Gasteiger partial charge in [-0.1, -0.05) is 29.8 Å². The molecule has 1 atom stereocenters. The van der Waals surface area contributed by atoms with Crippen LogP contribution in [-0.2, 0) is 20.7 Å². The van der Waals surface area contributed by atoms with Crippen molar-refractivity contribution in [3.05, 3.63) is 47.2 Å². The molecule has 1 saturated heterocycles. The minimum atomic E-state index is -1.45. The van der Waals surface area contributed by atoms with Gasteiger partial charge >= 0.3 is 7.12 Å². The third-order valence-electron chi connectivity index (χ3n) is 4.99. The predicted octanol–water partition coefficient (Wildman–Crippen LogP) is 3.48. The van der Waals surface area contributed by atoms with Gasteiger partial charge in [-0.25, -0.2) is 4.98 Å². The van der Waals surface area contributed by atoms with Crippen molar-refractivity contribution < 1.29 is 13.9 Å². The van der Waals surface area contributed by atoms with E-state index in [1.807, 2.05) is 52.8 Å². The molecule has 3 rings (SSSR count). The Bertz CT molecular complexity index is 789. The van der Waals surface area contributed by atoms with Gasteiger partial charge in [0.2, 0.25) is 0 Å². The molecule has 1 aliphatic rings. The SMILES string of the molecule is Cc1c(B2OC(C)(C)C(C)(C)O2)cnc(Cl)c1N[S+]([O-])c1ccccc1. The largest absolute Gasteiger partial charge is 0.588 e. The summed E-state index contributed by atoms with van der Waals surface area (Å²) in [4.78, 5) is 4.89. The number of nitrogens with one attached hydrogen (secondary N) is 1. The van der Waals surface area contributed by atoms with Crippen LogP contribution in [0, 0.1) is 6.92 Å². The molecule has 0 bridgehead atoms. The van der Waals surface area contributed by atoms with Gasteiger partial charge in [0.15, 0.2) is 10.0 Å². The minimum Gasteiger partial charge on any atom is -0.588 e. The molecular formula is C18H22BClN2O3S. The number of rotatable bonds is 4. The number of hydrogen-bond acceptors (Lipinski definition) is 5. The standard InChI is InChI=1S/C18H22BClN2O3S/c1-12-14(19-24-17(2,3)18(4,5)25-19)11-21-16(20)15(12)22-26(23)13-9-7-6-8-10-13/h6-11,22H,1-5H3. The number of halogens is 1. The Kier molecular flexibility index (Phi) is 5.30. The average Bonchev–Trinajstić information content (AvgIpc) is 2.79. The smallest absolute Gasteiger partial charge is 0.496 e. The van der Waals surface area contributed by atoms with E-state index in [9.17, 15) is 4.55 Å². The molecule has 0 amide bonds. The molecule has 0 aliphatic carbocycles. The fourth-order valence-corrected chi connectivity index (χ4v) is 3.86. The number of nitrogens with zero attached hydrogens (tertiary/aromatic N) is 1. The molecule has 0 radical (unpaired) electrons. The van der Waals surface area contributed by atoms with Crippen LogP contribution >= 0.6 is 11.6 Å². The molecule has 0 saturated carbocycles. The van der Waals surface area contributed by atoms with Crippen molar-refractivity contribution in [3.63, 3.8) is 0 Å². The highest BCUT2D eigenvalue weighted by atomic mass is 35.5. The van der Waals surface area contributed by atoms with Crippen molar-refractivity contribution in [1.29, 1.82) is 0 Å². The molecule has 1 aromatic heterocycles. The van der Waals surface area contributed by atoms with E-state index in [4.69, 9.17) is 20.9 Å². The van der Waals surface area contributed by atoms with Crippen LogP contribution in [0.3, 0.4) is 0 Å². The van der Waals surface area contributed by atoms with Gasteiger partial charge in [-0.15, -0.1) is 0 Å². The van der Waals surface area contributed by atoms with Crippen molar-refractivity contribution >= 4 is 41.2 Å². The lowest BCUT2D eigenvalue weighted by Crippen LogP contribution is -2.41.